The normalized spacial score (nSPS) is 11.8. The van der Waals surface area contributed by atoms with Crippen LogP contribution in [-0.4, -0.2) is 34.2 Å². The molecule has 0 amide bonds. The van der Waals surface area contributed by atoms with E-state index in [0.29, 0.717) is 30.7 Å². The number of aliphatic hydroxyl groups excluding tert-OH is 1. The maximum Gasteiger partial charge on any atom is 0.209 e. The molecule has 1 aromatic heterocycles. The fraction of sp³-hybridized carbons (Fsp3) is 0.462. The second kappa shape index (κ2) is 5.37. The van der Waals surface area contributed by atoms with Crippen LogP contribution in [0, 0.1) is 0 Å². The molecule has 0 atom stereocenters. The molecule has 0 aliphatic rings. The van der Waals surface area contributed by atoms with Crippen molar-refractivity contribution in [2.24, 2.45) is 0 Å². The topological polar surface area (TPSA) is 75.5 Å². The fourth-order valence-electron chi connectivity index (χ4n) is 1.88. The van der Waals surface area contributed by atoms with Crippen LogP contribution in [0.5, 0.6) is 0 Å². The van der Waals surface area contributed by atoms with Gasteiger partial charge in [0.2, 0.25) is 5.89 Å². The van der Waals surface area contributed by atoms with Crippen LogP contribution in [0.2, 0.25) is 0 Å². The molecule has 0 radical (unpaired) electrons. The Hall–Kier alpha value is -1.59. The Kier molecular flexibility index (Phi) is 3.84. The molecule has 0 spiro atoms. The molecule has 0 aliphatic carbocycles. The van der Waals surface area contributed by atoms with Crippen molar-refractivity contribution in [3.63, 3.8) is 0 Å². The van der Waals surface area contributed by atoms with E-state index in [1.807, 2.05) is 6.07 Å². The van der Waals surface area contributed by atoms with Gasteiger partial charge in [-0.25, -0.2) is 4.98 Å². The average Bonchev–Trinajstić information content (AvgIpc) is 2.69. The second-order valence-electron chi connectivity index (χ2n) is 4.62. The Labute approximate surface area is 106 Å². The van der Waals surface area contributed by atoms with Gasteiger partial charge in [-0.3, -0.25) is 4.90 Å². The third-order valence-corrected chi connectivity index (χ3v) is 2.91. The van der Waals surface area contributed by atoms with Crippen molar-refractivity contribution in [2.75, 3.05) is 18.9 Å². The summed E-state index contributed by atoms with van der Waals surface area (Å²) in [5, 5.41) is 9.03. The van der Waals surface area contributed by atoms with E-state index in [0.717, 1.165) is 11.1 Å². The zero-order valence-electron chi connectivity index (χ0n) is 10.8. The summed E-state index contributed by atoms with van der Waals surface area (Å²) < 4.78 is 5.66. The highest BCUT2D eigenvalue weighted by molar-refractivity contribution is 5.76. The van der Waals surface area contributed by atoms with Gasteiger partial charge in [0.1, 0.15) is 5.52 Å². The lowest BCUT2D eigenvalue weighted by Crippen LogP contribution is -2.32. The first-order valence-electron chi connectivity index (χ1n) is 6.10. The Morgan fingerprint density at radius 1 is 1.44 bits per heavy atom. The minimum absolute atomic E-state index is 0.130. The lowest BCUT2D eigenvalue weighted by atomic mass is 10.3. The Morgan fingerprint density at radius 3 is 2.89 bits per heavy atom. The monoisotopic (exact) mass is 249 g/mol. The summed E-state index contributed by atoms with van der Waals surface area (Å²) in [6.07, 6.45) is 0. The van der Waals surface area contributed by atoms with Crippen LogP contribution < -0.4 is 5.73 Å². The van der Waals surface area contributed by atoms with Crippen molar-refractivity contribution in [1.82, 2.24) is 9.88 Å². The molecule has 5 heteroatoms. The van der Waals surface area contributed by atoms with E-state index in [-0.39, 0.29) is 6.61 Å². The van der Waals surface area contributed by atoms with Crippen molar-refractivity contribution in [3.05, 3.63) is 24.1 Å². The third kappa shape index (κ3) is 2.80. The molecule has 1 aromatic carbocycles. The van der Waals surface area contributed by atoms with Gasteiger partial charge in [-0.05, 0) is 32.0 Å². The minimum atomic E-state index is 0.130. The highest BCUT2D eigenvalue weighted by Crippen LogP contribution is 2.19. The number of hydrogen-bond donors (Lipinski definition) is 2. The van der Waals surface area contributed by atoms with E-state index < -0.39 is 0 Å². The van der Waals surface area contributed by atoms with E-state index in [2.05, 4.69) is 23.7 Å². The van der Waals surface area contributed by atoms with Gasteiger partial charge in [-0.15, -0.1) is 0 Å². The van der Waals surface area contributed by atoms with E-state index in [1.165, 1.54) is 0 Å². The standard InChI is InChI=1S/C13H19N3O2/c1-9(2)16(5-6-17)8-13-15-11-7-10(14)3-4-12(11)18-13/h3-4,7,9,17H,5-6,8,14H2,1-2H3. The number of aromatic nitrogens is 1. The highest BCUT2D eigenvalue weighted by atomic mass is 16.3. The van der Waals surface area contributed by atoms with Gasteiger partial charge in [0.25, 0.3) is 0 Å². The largest absolute Gasteiger partial charge is 0.439 e. The van der Waals surface area contributed by atoms with E-state index in [9.17, 15) is 0 Å². The predicted molar refractivity (Wildman–Crippen MR) is 71.1 cm³/mol. The first-order chi connectivity index (χ1) is 8.60. The van der Waals surface area contributed by atoms with Crippen molar-refractivity contribution in [2.45, 2.75) is 26.4 Å². The zero-order valence-corrected chi connectivity index (χ0v) is 10.8. The molecule has 0 fully saturated rings. The first kappa shape index (κ1) is 12.9. The summed E-state index contributed by atoms with van der Waals surface area (Å²) in [5.74, 6) is 0.651. The molecule has 98 valence electrons. The molecule has 5 nitrogen and oxygen atoms in total. The fourth-order valence-corrected chi connectivity index (χ4v) is 1.88. The van der Waals surface area contributed by atoms with Gasteiger partial charge in [-0.1, -0.05) is 0 Å². The molecule has 18 heavy (non-hydrogen) atoms. The number of rotatable bonds is 5. The zero-order chi connectivity index (χ0) is 13.1. The Balaban J connectivity index is 2.20. The molecule has 2 rings (SSSR count). The van der Waals surface area contributed by atoms with Crippen molar-refractivity contribution >= 4 is 16.8 Å². The van der Waals surface area contributed by atoms with Crippen LogP contribution in [-0.2, 0) is 6.54 Å². The quantitative estimate of drug-likeness (QED) is 0.787. The molecule has 1 heterocycles. The number of anilines is 1. The molecule has 0 unspecified atom stereocenters. The van der Waals surface area contributed by atoms with E-state index >= 15 is 0 Å². The van der Waals surface area contributed by atoms with Crippen LogP contribution >= 0.6 is 0 Å². The number of aliphatic hydroxyl groups is 1. The Morgan fingerprint density at radius 2 is 2.22 bits per heavy atom. The number of nitrogen functional groups attached to an aromatic ring is 1. The van der Waals surface area contributed by atoms with Gasteiger partial charge in [-0.2, -0.15) is 0 Å². The molecule has 0 aliphatic heterocycles. The molecular formula is C13H19N3O2. The van der Waals surface area contributed by atoms with Gasteiger partial charge in [0.05, 0.1) is 13.2 Å². The van der Waals surface area contributed by atoms with Crippen LogP contribution in [0.3, 0.4) is 0 Å². The number of nitrogens with zero attached hydrogens (tertiary/aromatic N) is 2. The molecule has 2 aromatic rings. The SMILES string of the molecule is CC(C)N(CCO)Cc1nc2cc(N)ccc2o1. The number of nitrogens with two attached hydrogens (primary N) is 1. The number of oxazole rings is 1. The minimum Gasteiger partial charge on any atom is -0.439 e. The van der Waals surface area contributed by atoms with Crippen LogP contribution in [0.15, 0.2) is 22.6 Å². The summed E-state index contributed by atoms with van der Waals surface area (Å²) >= 11 is 0. The summed E-state index contributed by atoms with van der Waals surface area (Å²) in [4.78, 5) is 6.51. The summed E-state index contributed by atoms with van der Waals surface area (Å²) in [7, 11) is 0. The lowest BCUT2D eigenvalue weighted by molar-refractivity contribution is 0.149. The highest BCUT2D eigenvalue weighted by Gasteiger charge is 2.13. The maximum absolute atomic E-state index is 9.03. The molecule has 0 saturated carbocycles. The smallest absolute Gasteiger partial charge is 0.209 e. The van der Waals surface area contributed by atoms with Gasteiger partial charge >= 0.3 is 0 Å². The molecule has 0 saturated heterocycles. The van der Waals surface area contributed by atoms with Crippen molar-refractivity contribution < 1.29 is 9.52 Å². The maximum atomic E-state index is 9.03. The van der Waals surface area contributed by atoms with E-state index in [4.69, 9.17) is 15.3 Å². The molecular weight excluding hydrogens is 230 g/mol. The van der Waals surface area contributed by atoms with Crippen molar-refractivity contribution in [3.8, 4) is 0 Å². The molecule has 0 bridgehead atoms. The van der Waals surface area contributed by atoms with Crippen LogP contribution in [0.1, 0.15) is 19.7 Å². The second-order valence-corrected chi connectivity index (χ2v) is 4.62. The number of hydrogen-bond acceptors (Lipinski definition) is 5. The van der Waals surface area contributed by atoms with Gasteiger partial charge in [0.15, 0.2) is 5.58 Å². The Bertz CT molecular complexity index is 522. The summed E-state index contributed by atoms with van der Waals surface area (Å²) in [5.41, 5.74) is 7.90. The summed E-state index contributed by atoms with van der Waals surface area (Å²) in [6.45, 7) is 5.49. The third-order valence-electron chi connectivity index (χ3n) is 2.91. The van der Waals surface area contributed by atoms with Crippen LogP contribution in [0.25, 0.3) is 11.1 Å². The number of benzene rings is 1. The number of fused-ring (bicyclic) bond motifs is 1. The van der Waals surface area contributed by atoms with Crippen LogP contribution in [0.4, 0.5) is 5.69 Å². The lowest BCUT2D eigenvalue weighted by Gasteiger charge is -2.23. The van der Waals surface area contributed by atoms with Gasteiger partial charge in [0, 0.05) is 18.3 Å². The predicted octanol–water partition coefficient (Wildman–Crippen LogP) is 1.61. The average molecular weight is 249 g/mol. The van der Waals surface area contributed by atoms with E-state index in [1.54, 1.807) is 12.1 Å². The summed E-state index contributed by atoms with van der Waals surface area (Å²) in [6, 6.07) is 5.75. The van der Waals surface area contributed by atoms with Crippen molar-refractivity contribution in [1.29, 1.82) is 0 Å². The molecule has 3 N–H and O–H groups in total. The first-order valence-corrected chi connectivity index (χ1v) is 6.10. The van der Waals surface area contributed by atoms with Gasteiger partial charge < -0.3 is 15.3 Å².